The summed E-state index contributed by atoms with van der Waals surface area (Å²) in [6, 6.07) is 11.1. The third-order valence-corrected chi connectivity index (χ3v) is 5.45. The maximum atomic E-state index is 12.6. The molecular weight excluding hydrogens is 373 g/mol. The van der Waals surface area contributed by atoms with Gasteiger partial charge in [0, 0.05) is 6.42 Å². The first-order valence-corrected chi connectivity index (χ1v) is 9.51. The fourth-order valence-corrected chi connectivity index (χ4v) is 3.85. The smallest absolute Gasteiger partial charge is 0.225 e. The van der Waals surface area contributed by atoms with E-state index >= 15 is 0 Å². The van der Waals surface area contributed by atoms with E-state index in [0.717, 1.165) is 29.9 Å². The van der Waals surface area contributed by atoms with Crippen molar-refractivity contribution in [2.75, 3.05) is 18.5 Å². The summed E-state index contributed by atoms with van der Waals surface area (Å²) < 4.78 is 11.3. The molecule has 2 aliphatic rings. The van der Waals surface area contributed by atoms with Crippen LogP contribution >= 0.6 is 23.2 Å². The maximum absolute atomic E-state index is 12.6. The minimum atomic E-state index is -0.0909. The van der Waals surface area contributed by atoms with Gasteiger partial charge < -0.3 is 14.8 Å². The highest BCUT2D eigenvalue weighted by Crippen LogP contribution is 2.46. The number of para-hydroxylation sites is 1. The molecule has 1 saturated carbocycles. The molecule has 136 valence electrons. The standard InChI is InChI=1S/C20H19Cl2NO3/c21-15-2-1-3-16(22)20(15)23-19(24)11-14(12-4-5-12)13-6-7-17-18(10-13)26-9-8-25-17/h1-3,6-7,10,12,14H,4-5,8-9,11H2,(H,23,24). The molecule has 6 heteroatoms. The Bertz CT molecular complexity index is 816. The second kappa shape index (κ2) is 7.37. The van der Waals surface area contributed by atoms with Crippen LogP contribution in [-0.2, 0) is 4.79 Å². The van der Waals surface area contributed by atoms with E-state index in [1.807, 2.05) is 18.2 Å². The summed E-state index contributed by atoms with van der Waals surface area (Å²) in [5.41, 5.74) is 1.58. The van der Waals surface area contributed by atoms with Gasteiger partial charge in [0.15, 0.2) is 11.5 Å². The molecule has 4 nitrogen and oxygen atoms in total. The van der Waals surface area contributed by atoms with Gasteiger partial charge in [-0.15, -0.1) is 0 Å². The number of halogens is 2. The summed E-state index contributed by atoms with van der Waals surface area (Å²) in [5, 5.41) is 3.74. The molecule has 2 aromatic carbocycles. The predicted molar refractivity (Wildman–Crippen MR) is 103 cm³/mol. The third kappa shape index (κ3) is 3.76. The van der Waals surface area contributed by atoms with Crippen molar-refractivity contribution < 1.29 is 14.3 Å². The molecule has 2 aromatic rings. The molecule has 1 atom stereocenters. The van der Waals surface area contributed by atoms with Crippen LogP contribution in [-0.4, -0.2) is 19.1 Å². The van der Waals surface area contributed by atoms with Crippen molar-refractivity contribution in [3.63, 3.8) is 0 Å². The first-order valence-electron chi connectivity index (χ1n) is 8.75. The number of carbonyl (C=O) groups is 1. The first-order chi connectivity index (χ1) is 12.6. The van der Waals surface area contributed by atoms with E-state index in [2.05, 4.69) is 5.32 Å². The molecule has 0 saturated heterocycles. The fourth-order valence-electron chi connectivity index (χ4n) is 3.35. The quantitative estimate of drug-likeness (QED) is 0.753. The van der Waals surface area contributed by atoms with E-state index < -0.39 is 0 Å². The van der Waals surface area contributed by atoms with Crippen molar-refractivity contribution in [1.82, 2.24) is 0 Å². The van der Waals surface area contributed by atoms with Crippen molar-refractivity contribution in [3.8, 4) is 11.5 Å². The van der Waals surface area contributed by atoms with Gasteiger partial charge in [-0.1, -0.05) is 35.3 Å². The van der Waals surface area contributed by atoms with Crippen LogP contribution in [0.4, 0.5) is 5.69 Å². The van der Waals surface area contributed by atoms with Gasteiger partial charge in [0.05, 0.1) is 15.7 Å². The number of amides is 1. The van der Waals surface area contributed by atoms with Gasteiger partial charge in [-0.05, 0) is 54.5 Å². The van der Waals surface area contributed by atoms with E-state index in [1.54, 1.807) is 18.2 Å². The second-order valence-corrected chi connectivity index (χ2v) is 7.51. The average molecular weight is 392 g/mol. The van der Waals surface area contributed by atoms with Crippen LogP contribution in [0.5, 0.6) is 11.5 Å². The lowest BCUT2D eigenvalue weighted by Gasteiger charge is -2.22. The second-order valence-electron chi connectivity index (χ2n) is 6.70. The number of fused-ring (bicyclic) bond motifs is 1. The van der Waals surface area contributed by atoms with E-state index in [9.17, 15) is 4.79 Å². The molecule has 0 aromatic heterocycles. The summed E-state index contributed by atoms with van der Waals surface area (Å²) in [7, 11) is 0. The molecule has 0 bridgehead atoms. The van der Waals surface area contributed by atoms with E-state index in [-0.39, 0.29) is 11.8 Å². The van der Waals surface area contributed by atoms with Gasteiger partial charge in [0.2, 0.25) is 5.91 Å². The molecule has 1 N–H and O–H groups in total. The number of carbonyl (C=O) groups excluding carboxylic acids is 1. The maximum Gasteiger partial charge on any atom is 0.225 e. The summed E-state index contributed by atoms with van der Waals surface area (Å²) in [4.78, 5) is 12.6. The molecule has 4 rings (SSSR count). The Balaban J connectivity index is 1.52. The minimum absolute atomic E-state index is 0.0909. The van der Waals surface area contributed by atoms with Crippen LogP contribution in [0.15, 0.2) is 36.4 Å². The first kappa shape index (κ1) is 17.5. The Hall–Kier alpha value is -1.91. The number of ether oxygens (including phenoxy) is 2. The fraction of sp³-hybridized carbons (Fsp3) is 0.350. The van der Waals surface area contributed by atoms with Gasteiger partial charge in [0.25, 0.3) is 0 Å². The molecule has 0 spiro atoms. The predicted octanol–water partition coefficient (Wildman–Crippen LogP) is 5.29. The van der Waals surface area contributed by atoms with Crippen molar-refractivity contribution in [2.45, 2.75) is 25.2 Å². The molecule has 1 fully saturated rings. The lowest BCUT2D eigenvalue weighted by molar-refractivity contribution is -0.116. The monoisotopic (exact) mass is 391 g/mol. The summed E-state index contributed by atoms with van der Waals surface area (Å²) in [5.74, 6) is 2.10. The Morgan fingerprint density at radius 1 is 1.08 bits per heavy atom. The SMILES string of the molecule is O=C(CC(c1ccc2c(c1)OCCO2)C1CC1)Nc1c(Cl)cccc1Cl. The number of rotatable bonds is 5. The van der Waals surface area contributed by atoms with E-state index in [1.165, 1.54) is 0 Å². The number of nitrogens with one attached hydrogen (secondary N) is 1. The highest BCUT2D eigenvalue weighted by Gasteiger charge is 2.34. The van der Waals surface area contributed by atoms with Gasteiger partial charge in [-0.2, -0.15) is 0 Å². The molecule has 1 aliphatic carbocycles. The zero-order chi connectivity index (χ0) is 18.1. The van der Waals surface area contributed by atoms with Crippen LogP contribution in [0, 0.1) is 5.92 Å². The normalized spacial score (nSPS) is 16.8. The van der Waals surface area contributed by atoms with Gasteiger partial charge >= 0.3 is 0 Å². The van der Waals surface area contributed by atoms with Crippen molar-refractivity contribution >= 4 is 34.8 Å². The lowest BCUT2D eigenvalue weighted by atomic mass is 9.90. The van der Waals surface area contributed by atoms with Crippen molar-refractivity contribution in [1.29, 1.82) is 0 Å². The Labute approximate surface area is 162 Å². The summed E-state index contributed by atoms with van der Waals surface area (Å²) >= 11 is 12.3. The summed E-state index contributed by atoms with van der Waals surface area (Å²) in [6.07, 6.45) is 2.66. The van der Waals surface area contributed by atoms with Gasteiger partial charge in [-0.25, -0.2) is 0 Å². The van der Waals surface area contributed by atoms with Gasteiger partial charge in [-0.3, -0.25) is 4.79 Å². The number of hydrogen-bond acceptors (Lipinski definition) is 3. The molecule has 1 heterocycles. The molecule has 1 amide bonds. The van der Waals surface area contributed by atoms with Crippen LogP contribution < -0.4 is 14.8 Å². The highest BCUT2D eigenvalue weighted by atomic mass is 35.5. The molecule has 26 heavy (non-hydrogen) atoms. The van der Waals surface area contributed by atoms with Crippen LogP contribution in [0.25, 0.3) is 0 Å². The zero-order valence-electron chi connectivity index (χ0n) is 14.1. The largest absolute Gasteiger partial charge is 0.486 e. The van der Waals surface area contributed by atoms with Crippen molar-refractivity contribution in [2.24, 2.45) is 5.92 Å². The van der Waals surface area contributed by atoms with E-state index in [4.69, 9.17) is 32.7 Å². The van der Waals surface area contributed by atoms with Crippen LogP contribution in [0.1, 0.15) is 30.7 Å². The Morgan fingerprint density at radius 3 is 2.46 bits per heavy atom. The molecule has 1 aliphatic heterocycles. The van der Waals surface area contributed by atoms with Gasteiger partial charge in [0.1, 0.15) is 13.2 Å². The number of benzene rings is 2. The average Bonchev–Trinajstić information content (AvgIpc) is 3.47. The highest BCUT2D eigenvalue weighted by molar-refractivity contribution is 6.39. The summed E-state index contributed by atoms with van der Waals surface area (Å²) in [6.45, 7) is 1.12. The van der Waals surface area contributed by atoms with E-state index in [0.29, 0.717) is 41.3 Å². The number of anilines is 1. The molecule has 1 unspecified atom stereocenters. The zero-order valence-corrected chi connectivity index (χ0v) is 15.6. The third-order valence-electron chi connectivity index (χ3n) is 4.82. The molecular formula is C20H19Cl2NO3. The number of hydrogen-bond donors (Lipinski definition) is 1. The Morgan fingerprint density at radius 2 is 1.77 bits per heavy atom. The molecule has 0 radical (unpaired) electrons. The topological polar surface area (TPSA) is 47.6 Å². The lowest BCUT2D eigenvalue weighted by Crippen LogP contribution is -2.18. The Kier molecular flexibility index (Phi) is 4.96. The van der Waals surface area contributed by atoms with Crippen LogP contribution in [0.2, 0.25) is 10.0 Å². The van der Waals surface area contributed by atoms with Crippen LogP contribution in [0.3, 0.4) is 0 Å². The van der Waals surface area contributed by atoms with Crippen molar-refractivity contribution in [3.05, 3.63) is 52.0 Å². The minimum Gasteiger partial charge on any atom is -0.486 e.